The van der Waals surface area contributed by atoms with Crippen LogP contribution < -0.4 is 5.73 Å². The number of nitrogens with two attached hydrogens (primary N) is 1. The van der Waals surface area contributed by atoms with Gasteiger partial charge in [0.2, 0.25) is 5.91 Å². The van der Waals surface area contributed by atoms with Crippen molar-refractivity contribution >= 4 is 11.7 Å². The average molecular weight is 257 g/mol. The molecule has 0 fully saturated rings. The minimum absolute atomic E-state index is 0.0300. The molecule has 1 aromatic carbocycles. The van der Waals surface area contributed by atoms with E-state index in [2.05, 4.69) is 17.9 Å². The molecule has 0 bridgehead atoms. The van der Waals surface area contributed by atoms with Crippen molar-refractivity contribution < 1.29 is 9.59 Å². The number of carbonyl (C=O) groups is 2. The molecule has 1 aliphatic carbocycles. The lowest BCUT2D eigenvalue weighted by atomic mass is 9.92. The van der Waals surface area contributed by atoms with Crippen LogP contribution >= 0.6 is 0 Å². The van der Waals surface area contributed by atoms with Gasteiger partial charge < -0.3 is 5.73 Å². The molecule has 3 nitrogen and oxygen atoms in total. The molecule has 1 amide bonds. The van der Waals surface area contributed by atoms with Gasteiger partial charge in [0.1, 0.15) is 0 Å². The van der Waals surface area contributed by atoms with E-state index in [0.717, 1.165) is 6.42 Å². The maximum Gasteiger partial charge on any atom is 0.217 e. The smallest absolute Gasteiger partial charge is 0.217 e. The molecule has 2 N–H and O–H groups in total. The quantitative estimate of drug-likeness (QED) is 0.904. The van der Waals surface area contributed by atoms with Crippen molar-refractivity contribution in [2.24, 2.45) is 11.7 Å². The maximum absolute atomic E-state index is 11.5. The number of hydrogen-bond donors (Lipinski definition) is 1. The van der Waals surface area contributed by atoms with Crippen molar-refractivity contribution in [2.75, 3.05) is 0 Å². The van der Waals surface area contributed by atoms with E-state index >= 15 is 0 Å². The SMILES string of the molecule is CCC(N)=O.O=C1C=CC=CC1Cc1ccccc1. The summed E-state index contributed by atoms with van der Waals surface area (Å²) in [5.41, 5.74) is 5.87. The minimum atomic E-state index is -0.245. The van der Waals surface area contributed by atoms with Crippen LogP contribution in [0.2, 0.25) is 0 Å². The van der Waals surface area contributed by atoms with Crippen LogP contribution in [0.3, 0.4) is 0 Å². The Bertz CT molecular complexity index is 475. The molecular weight excluding hydrogens is 238 g/mol. The summed E-state index contributed by atoms with van der Waals surface area (Å²) in [4.78, 5) is 21.1. The van der Waals surface area contributed by atoms with Crippen molar-refractivity contribution in [2.45, 2.75) is 19.8 Å². The van der Waals surface area contributed by atoms with Crippen LogP contribution in [0.15, 0.2) is 54.6 Å². The topological polar surface area (TPSA) is 60.2 Å². The van der Waals surface area contributed by atoms with Gasteiger partial charge in [0, 0.05) is 12.3 Å². The van der Waals surface area contributed by atoms with E-state index in [1.165, 1.54) is 5.56 Å². The fourth-order valence-electron chi connectivity index (χ4n) is 1.60. The summed E-state index contributed by atoms with van der Waals surface area (Å²) < 4.78 is 0. The van der Waals surface area contributed by atoms with Gasteiger partial charge in [-0.3, -0.25) is 9.59 Å². The van der Waals surface area contributed by atoms with Gasteiger partial charge in [0.15, 0.2) is 5.78 Å². The Morgan fingerprint density at radius 3 is 2.37 bits per heavy atom. The Hall–Kier alpha value is -2.16. The Kier molecular flexibility index (Phi) is 6.30. The van der Waals surface area contributed by atoms with Crippen LogP contribution in [0.4, 0.5) is 0 Å². The second kappa shape index (κ2) is 8.03. The summed E-state index contributed by atoms with van der Waals surface area (Å²) in [6.07, 6.45) is 8.60. The third-order valence-electron chi connectivity index (χ3n) is 2.73. The second-order valence-electron chi connectivity index (χ2n) is 4.26. The van der Waals surface area contributed by atoms with E-state index in [1.807, 2.05) is 30.4 Å². The zero-order chi connectivity index (χ0) is 14.1. The summed E-state index contributed by atoms with van der Waals surface area (Å²) in [6, 6.07) is 10.1. The zero-order valence-corrected chi connectivity index (χ0v) is 11.1. The van der Waals surface area contributed by atoms with E-state index in [1.54, 1.807) is 19.1 Å². The van der Waals surface area contributed by atoms with E-state index in [0.29, 0.717) is 6.42 Å². The highest BCUT2D eigenvalue weighted by Crippen LogP contribution is 2.14. The van der Waals surface area contributed by atoms with E-state index in [9.17, 15) is 9.59 Å². The number of ketones is 1. The molecule has 0 radical (unpaired) electrons. The van der Waals surface area contributed by atoms with Gasteiger partial charge in [-0.05, 0) is 18.1 Å². The lowest BCUT2D eigenvalue weighted by Gasteiger charge is -2.11. The van der Waals surface area contributed by atoms with Gasteiger partial charge in [-0.1, -0.05) is 55.5 Å². The molecule has 1 aliphatic rings. The first kappa shape index (κ1) is 14.9. The van der Waals surface area contributed by atoms with Crippen molar-refractivity contribution in [3.63, 3.8) is 0 Å². The lowest BCUT2D eigenvalue weighted by Crippen LogP contribution is -2.14. The number of allylic oxidation sites excluding steroid dienone is 4. The van der Waals surface area contributed by atoms with E-state index < -0.39 is 0 Å². The number of primary amides is 1. The Morgan fingerprint density at radius 2 is 1.84 bits per heavy atom. The predicted molar refractivity (Wildman–Crippen MR) is 76.4 cm³/mol. The first-order chi connectivity index (χ1) is 9.13. The number of benzene rings is 1. The van der Waals surface area contributed by atoms with Gasteiger partial charge in [0.05, 0.1) is 0 Å². The summed E-state index contributed by atoms with van der Waals surface area (Å²) in [6.45, 7) is 1.72. The molecule has 1 aromatic rings. The minimum Gasteiger partial charge on any atom is -0.370 e. The zero-order valence-electron chi connectivity index (χ0n) is 11.1. The standard InChI is InChI=1S/C13H12O.C3H7NO/c14-13-9-5-4-8-12(13)10-11-6-2-1-3-7-11;1-2-3(4)5/h1-9,12H,10H2;2H2,1H3,(H2,4,5). The van der Waals surface area contributed by atoms with Crippen LogP contribution in [-0.2, 0) is 16.0 Å². The Morgan fingerprint density at radius 1 is 1.21 bits per heavy atom. The van der Waals surface area contributed by atoms with E-state index in [4.69, 9.17) is 0 Å². The lowest BCUT2D eigenvalue weighted by molar-refractivity contribution is -0.118. The highest BCUT2D eigenvalue weighted by atomic mass is 16.1. The van der Waals surface area contributed by atoms with Crippen LogP contribution in [-0.4, -0.2) is 11.7 Å². The summed E-state index contributed by atoms with van der Waals surface area (Å²) >= 11 is 0. The third-order valence-corrected chi connectivity index (χ3v) is 2.73. The fourth-order valence-corrected chi connectivity index (χ4v) is 1.60. The van der Waals surface area contributed by atoms with Crippen molar-refractivity contribution in [1.29, 1.82) is 0 Å². The van der Waals surface area contributed by atoms with Gasteiger partial charge >= 0.3 is 0 Å². The summed E-state index contributed by atoms with van der Waals surface area (Å²) in [5.74, 6) is -0.0104. The summed E-state index contributed by atoms with van der Waals surface area (Å²) in [5, 5.41) is 0. The number of hydrogen-bond acceptors (Lipinski definition) is 2. The van der Waals surface area contributed by atoms with Crippen LogP contribution in [0.25, 0.3) is 0 Å². The first-order valence-corrected chi connectivity index (χ1v) is 6.34. The van der Waals surface area contributed by atoms with Gasteiger partial charge in [-0.2, -0.15) is 0 Å². The van der Waals surface area contributed by atoms with E-state index in [-0.39, 0.29) is 17.6 Å². The molecule has 0 saturated carbocycles. The monoisotopic (exact) mass is 257 g/mol. The van der Waals surface area contributed by atoms with Crippen LogP contribution in [0.1, 0.15) is 18.9 Å². The van der Waals surface area contributed by atoms with Gasteiger partial charge in [-0.25, -0.2) is 0 Å². The normalized spacial score (nSPS) is 16.7. The molecule has 2 rings (SSSR count). The molecule has 1 unspecified atom stereocenters. The molecule has 0 saturated heterocycles. The summed E-state index contributed by atoms with van der Waals surface area (Å²) in [7, 11) is 0. The molecule has 0 aliphatic heterocycles. The van der Waals surface area contributed by atoms with Crippen molar-refractivity contribution in [3.05, 3.63) is 60.2 Å². The molecule has 3 heteroatoms. The highest BCUT2D eigenvalue weighted by molar-refractivity contribution is 5.94. The first-order valence-electron chi connectivity index (χ1n) is 6.34. The third kappa shape index (κ3) is 5.82. The van der Waals surface area contributed by atoms with Crippen LogP contribution in [0.5, 0.6) is 0 Å². The molecule has 100 valence electrons. The predicted octanol–water partition coefficient (Wildman–Crippen LogP) is 2.42. The molecule has 19 heavy (non-hydrogen) atoms. The number of rotatable bonds is 3. The fraction of sp³-hybridized carbons (Fsp3) is 0.250. The van der Waals surface area contributed by atoms with Gasteiger partial charge in [-0.15, -0.1) is 0 Å². The molecular formula is C16H19NO2. The Labute approximate surface area is 113 Å². The number of carbonyl (C=O) groups excluding carboxylic acids is 2. The highest BCUT2D eigenvalue weighted by Gasteiger charge is 2.14. The molecule has 0 aromatic heterocycles. The van der Waals surface area contributed by atoms with Gasteiger partial charge in [0.25, 0.3) is 0 Å². The average Bonchev–Trinajstić information content (AvgIpc) is 2.43. The van der Waals surface area contributed by atoms with Crippen molar-refractivity contribution in [3.8, 4) is 0 Å². The molecule has 0 heterocycles. The largest absolute Gasteiger partial charge is 0.370 e. The molecule has 1 atom stereocenters. The number of amides is 1. The molecule has 0 spiro atoms. The van der Waals surface area contributed by atoms with Crippen LogP contribution in [0, 0.1) is 5.92 Å². The maximum atomic E-state index is 11.5. The second-order valence-corrected chi connectivity index (χ2v) is 4.26. The Balaban J connectivity index is 0.000000312. The van der Waals surface area contributed by atoms with Crippen molar-refractivity contribution in [1.82, 2.24) is 0 Å².